The van der Waals surface area contributed by atoms with Gasteiger partial charge in [0.15, 0.2) is 11.5 Å². The average Bonchev–Trinajstić information content (AvgIpc) is 2.73. The number of urea groups is 1. The van der Waals surface area contributed by atoms with Crippen LogP contribution in [0.15, 0.2) is 48.6 Å². The quantitative estimate of drug-likeness (QED) is 0.223. The van der Waals surface area contributed by atoms with E-state index in [1.54, 1.807) is 37.3 Å². The SMILES string of the molecule is C=CCOc1c(I)cc(/C=C2\C(=O)NC(=O)N(c3cc(Cl)ccc3C)C2=O)cc1OCC. The number of barbiturate groups is 1. The summed E-state index contributed by atoms with van der Waals surface area (Å²) >= 11 is 8.14. The van der Waals surface area contributed by atoms with Crippen LogP contribution in [0.3, 0.4) is 0 Å². The molecule has 0 aliphatic carbocycles. The molecule has 1 saturated heterocycles. The molecule has 0 bridgehead atoms. The van der Waals surface area contributed by atoms with E-state index in [-0.39, 0.29) is 5.57 Å². The van der Waals surface area contributed by atoms with Crippen LogP contribution in [0, 0.1) is 10.5 Å². The highest BCUT2D eigenvalue weighted by Gasteiger charge is 2.37. The van der Waals surface area contributed by atoms with Crippen LogP contribution in [-0.2, 0) is 9.59 Å². The van der Waals surface area contributed by atoms with Gasteiger partial charge in [0.2, 0.25) is 0 Å². The van der Waals surface area contributed by atoms with Crippen LogP contribution in [0.1, 0.15) is 18.1 Å². The summed E-state index contributed by atoms with van der Waals surface area (Å²) in [7, 11) is 0. The standard InChI is InChI=1S/C23H20ClIN2O5/c1-4-8-32-20-17(25)10-14(11-19(20)31-5-2)9-16-21(28)26-23(30)27(22(16)29)18-12-15(24)7-6-13(18)3/h4,6-7,9-12H,1,5,8H2,2-3H3,(H,26,28,30)/b16-9+. The van der Waals surface area contributed by atoms with Crippen molar-refractivity contribution in [1.29, 1.82) is 0 Å². The Kier molecular flexibility index (Phi) is 7.57. The van der Waals surface area contributed by atoms with Crippen molar-refractivity contribution in [3.63, 3.8) is 0 Å². The van der Waals surface area contributed by atoms with Gasteiger partial charge >= 0.3 is 6.03 Å². The van der Waals surface area contributed by atoms with Gasteiger partial charge < -0.3 is 9.47 Å². The zero-order chi connectivity index (χ0) is 23.4. The molecule has 0 unspecified atom stereocenters. The highest BCUT2D eigenvalue weighted by molar-refractivity contribution is 14.1. The second kappa shape index (κ2) is 10.2. The van der Waals surface area contributed by atoms with E-state index in [0.717, 1.165) is 8.47 Å². The molecule has 2 aromatic rings. The van der Waals surface area contributed by atoms with Gasteiger partial charge in [0.05, 0.1) is 15.9 Å². The zero-order valence-corrected chi connectivity index (χ0v) is 20.3. The van der Waals surface area contributed by atoms with Crippen LogP contribution in [-0.4, -0.2) is 31.1 Å². The molecule has 0 saturated carbocycles. The highest BCUT2D eigenvalue weighted by Crippen LogP contribution is 2.35. The van der Waals surface area contributed by atoms with E-state index >= 15 is 0 Å². The third-order valence-corrected chi connectivity index (χ3v) is 5.54. The molecule has 1 heterocycles. The smallest absolute Gasteiger partial charge is 0.335 e. The molecule has 0 radical (unpaired) electrons. The van der Waals surface area contributed by atoms with E-state index in [1.165, 1.54) is 12.1 Å². The monoisotopic (exact) mass is 566 g/mol. The van der Waals surface area contributed by atoms with Gasteiger partial charge in [-0.15, -0.1) is 0 Å². The number of aryl methyl sites for hydroxylation is 1. The number of carbonyl (C=O) groups excluding carboxylic acids is 3. The summed E-state index contributed by atoms with van der Waals surface area (Å²) in [5.74, 6) is -0.518. The number of halogens is 2. The molecule has 1 aliphatic rings. The number of nitrogens with zero attached hydrogens (tertiary/aromatic N) is 1. The molecule has 7 nitrogen and oxygen atoms in total. The van der Waals surface area contributed by atoms with Gasteiger partial charge in [-0.25, -0.2) is 9.69 Å². The fourth-order valence-electron chi connectivity index (χ4n) is 3.08. The van der Waals surface area contributed by atoms with Crippen molar-refractivity contribution in [2.45, 2.75) is 13.8 Å². The van der Waals surface area contributed by atoms with Crippen molar-refractivity contribution in [2.75, 3.05) is 18.1 Å². The van der Waals surface area contributed by atoms with Gasteiger partial charge in [-0.2, -0.15) is 0 Å². The van der Waals surface area contributed by atoms with E-state index in [9.17, 15) is 14.4 Å². The van der Waals surface area contributed by atoms with Gasteiger partial charge in [-0.05, 0) is 77.9 Å². The molecule has 0 spiro atoms. The Morgan fingerprint density at radius 1 is 1.19 bits per heavy atom. The Morgan fingerprint density at radius 2 is 1.94 bits per heavy atom. The summed E-state index contributed by atoms with van der Waals surface area (Å²) in [6.07, 6.45) is 3.04. The Hall–Kier alpha value is -2.85. The number of hydrogen-bond donors (Lipinski definition) is 1. The van der Waals surface area contributed by atoms with E-state index in [0.29, 0.717) is 46.5 Å². The minimum atomic E-state index is -0.833. The van der Waals surface area contributed by atoms with E-state index in [2.05, 4.69) is 34.5 Å². The summed E-state index contributed by atoms with van der Waals surface area (Å²) in [6.45, 7) is 7.92. The summed E-state index contributed by atoms with van der Waals surface area (Å²) < 4.78 is 12.1. The van der Waals surface area contributed by atoms with Crippen molar-refractivity contribution in [1.82, 2.24) is 5.32 Å². The Balaban J connectivity index is 2.05. The van der Waals surface area contributed by atoms with Crippen molar-refractivity contribution in [2.24, 2.45) is 0 Å². The predicted molar refractivity (Wildman–Crippen MR) is 131 cm³/mol. The molecule has 9 heteroatoms. The average molecular weight is 567 g/mol. The summed E-state index contributed by atoms with van der Waals surface area (Å²) in [4.78, 5) is 39.1. The minimum absolute atomic E-state index is 0.193. The first-order valence-corrected chi connectivity index (χ1v) is 11.1. The fourth-order valence-corrected chi connectivity index (χ4v) is 4.03. The van der Waals surface area contributed by atoms with Crippen molar-refractivity contribution >= 4 is 63.8 Å². The molecule has 166 valence electrons. The largest absolute Gasteiger partial charge is 0.490 e. The number of imide groups is 2. The molecule has 1 fully saturated rings. The van der Waals surface area contributed by atoms with Crippen molar-refractivity contribution in [3.05, 3.63) is 68.3 Å². The number of benzene rings is 2. The first kappa shape index (κ1) is 23.8. The Bertz CT molecular complexity index is 1150. The molecule has 4 amide bonds. The molecule has 1 N–H and O–H groups in total. The normalized spacial score (nSPS) is 15.1. The van der Waals surface area contributed by atoms with Crippen molar-refractivity contribution < 1.29 is 23.9 Å². The van der Waals surface area contributed by atoms with Crippen LogP contribution in [0.4, 0.5) is 10.5 Å². The fraction of sp³-hybridized carbons (Fsp3) is 0.174. The number of ether oxygens (including phenoxy) is 2. The number of anilines is 1. The maximum absolute atomic E-state index is 13.2. The van der Waals surface area contributed by atoms with Crippen LogP contribution in [0.2, 0.25) is 5.02 Å². The Labute approximate surface area is 204 Å². The zero-order valence-electron chi connectivity index (χ0n) is 17.4. The van der Waals surface area contributed by atoms with Crippen LogP contribution < -0.4 is 19.7 Å². The van der Waals surface area contributed by atoms with Crippen LogP contribution in [0.5, 0.6) is 11.5 Å². The topological polar surface area (TPSA) is 84.9 Å². The maximum atomic E-state index is 13.2. The minimum Gasteiger partial charge on any atom is -0.490 e. The van der Waals surface area contributed by atoms with E-state index in [1.807, 2.05) is 6.92 Å². The molecule has 0 atom stereocenters. The summed E-state index contributed by atoms with van der Waals surface area (Å²) in [6, 6.07) is 7.44. The lowest BCUT2D eigenvalue weighted by atomic mass is 10.1. The summed E-state index contributed by atoms with van der Waals surface area (Å²) in [5, 5.41) is 2.58. The third-order valence-electron chi connectivity index (χ3n) is 4.50. The number of carbonyl (C=O) groups is 3. The van der Waals surface area contributed by atoms with E-state index < -0.39 is 17.8 Å². The number of nitrogens with one attached hydrogen (secondary N) is 1. The predicted octanol–water partition coefficient (Wildman–Crippen LogP) is 4.88. The van der Waals surface area contributed by atoms with Crippen molar-refractivity contribution in [3.8, 4) is 11.5 Å². The van der Waals surface area contributed by atoms with Crippen LogP contribution in [0.25, 0.3) is 6.08 Å². The number of rotatable bonds is 7. The lowest BCUT2D eigenvalue weighted by Crippen LogP contribution is -2.54. The van der Waals surface area contributed by atoms with Gasteiger partial charge in [0.1, 0.15) is 12.2 Å². The third kappa shape index (κ3) is 4.97. The van der Waals surface area contributed by atoms with E-state index in [4.69, 9.17) is 21.1 Å². The number of amides is 4. The Morgan fingerprint density at radius 3 is 2.62 bits per heavy atom. The lowest BCUT2D eigenvalue weighted by molar-refractivity contribution is -0.122. The molecular weight excluding hydrogens is 547 g/mol. The molecular formula is C23H20ClIN2O5. The molecule has 1 aliphatic heterocycles. The molecule has 3 rings (SSSR count). The first-order valence-electron chi connectivity index (χ1n) is 9.64. The van der Waals surface area contributed by atoms with Gasteiger partial charge in [-0.1, -0.05) is 30.3 Å². The highest BCUT2D eigenvalue weighted by atomic mass is 127. The molecule has 2 aromatic carbocycles. The van der Waals surface area contributed by atoms with Gasteiger partial charge in [-0.3, -0.25) is 14.9 Å². The summed E-state index contributed by atoms with van der Waals surface area (Å²) in [5.41, 5.74) is 1.31. The molecule has 0 aromatic heterocycles. The maximum Gasteiger partial charge on any atom is 0.335 e. The second-order valence-corrected chi connectivity index (χ2v) is 8.35. The van der Waals surface area contributed by atoms with Gasteiger partial charge in [0.25, 0.3) is 11.8 Å². The van der Waals surface area contributed by atoms with Gasteiger partial charge in [0, 0.05) is 5.02 Å². The lowest BCUT2D eigenvalue weighted by Gasteiger charge is -2.27. The number of hydrogen-bond acceptors (Lipinski definition) is 5. The molecule has 32 heavy (non-hydrogen) atoms. The first-order chi connectivity index (χ1) is 15.3. The van der Waals surface area contributed by atoms with Crippen LogP contribution >= 0.6 is 34.2 Å². The second-order valence-electron chi connectivity index (χ2n) is 6.75.